The van der Waals surface area contributed by atoms with Crippen LogP contribution in [0.2, 0.25) is 0 Å². The van der Waals surface area contributed by atoms with E-state index in [9.17, 15) is 9.59 Å². The third kappa shape index (κ3) is 3.15. The molecule has 0 aliphatic heterocycles. The Labute approximate surface area is 92.5 Å². The van der Waals surface area contributed by atoms with Crippen molar-refractivity contribution in [2.45, 2.75) is 25.7 Å². The fraction of sp³-hybridized carbons (Fsp3) is 0.750. The lowest BCUT2D eigenvalue weighted by molar-refractivity contribution is -0.155. The summed E-state index contributed by atoms with van der Waals surface area (Å²) < 4.78 is 0. The molecule has 0 spiro atoms. The third-order valence-electron chi connectivity index (χ3n) is 2.40. The minimum Gasteiger partial charge on any atom is -0.481 e. The van der Waals surface area contributed by atoms with Crippen molar-refractivity contribution in [1.82, 2.24) is 0 Å². The molecule has 1 aliphatic carbocycles. The zero-order valence-electron chi connectivity index (χ0n) is 6.69. The number of carboxylic acids is 2. The summed E-state index contributed by atoms with van der Waals surface area (Å²) in [5.41, 5.74) is 0. The average molecular weight is 199 g/mol. The van der Waals surface area contributed by atoms with Crippen LogP contribution in [-0.2, 0) is 9.59 Å². The first-order valence-electron chi connectivity index (χ1n) is 4.08. The Balaban J connectivity index is 0.00000144. The van der Waals surface area contributed by atoms with E-state index in [2.05, 4.69) is 0 Å². The molecule has 72 valence electrons. The maximum absolute atomic E-state index is 10.6. The van der Waals surface area contributed by atoms with E-state index < -0.39 is 23.8 Å². The van der Waals surface area contributed by atoms with E-state index in [1.165, 1.54) is 0 Å². The highest BCUT2D eigenvalue weighted by atomic mass is 24.3. The molecule has 2 unspecified atom stereocenters. The minimum absolute atomic E-state index is 0. The van der Waals surface area contributed by atoms with Gasteiger partial charge in [-0.1, -0.05) is 12.8 Å². The van der Waals surface area contributed by atoms with Crippen LogP contribution in [0.1, 0.15) is 25.7 Å². The van der Waals surface area contributed by atoms with Crippen molar-refractivity contribution in [3.63, 3.8) is 0 Å². The third-order valence-corrected chi connectivity index (χ3v) is 2.40. The Morgan fingerprint density at radius 1 is 0.923 bits per heavy atom. The smallest absolute Gasteiger partial charge is 0.316 e. The van der Waals surface area contributed by atoms with Gasteiger partial charge in [-0.2, -0.15) is 0 Å². The van der Waals surface area contributed by atoms with Crippen molar-refractivity contribution in [2.75, 3.05) is 0 Å². The molecule has 0 heterocycles. The molecule has 1 saturated carbocycles. The first kappa shape index (κ1) is 12.7. The van der Waals surface area contributed by atoms with E-state index in [-0.39, 0.29) is 23.1 Å². The maximum atomic E-state index is 10.6. The molecule has 0 aromatic carbocycles. The predicted octanol–water partition coefficient (Wildman–Crippen LogP) is 0.0458. The largest absolute Gasteiger partial charge is 0.481 e. The topological polar surface area (TPSA) is 74.6 Å². The van der Waals surface area contributed by atoms with E-state index in [4.69, 9.17) is 10.2 Å². The molecule has 2 N–H and O–H groups in total. The molecule has 1 fully saturated rings. The monoisotopic (exact) mass is 198 g/mol. The average Bonchev–Trinajstić information content (AvgIpc) is 2.04. The lowest BCUT2D eigenvalue weighted by Crippen LogP contribution is -2.32. The molecular weight excluding hydrogens is 184 g/mol. The lowest BCUT2D eigenvalue weighted by Gasteiger charge is -2.24. The summed E-state index contributed by atoms with van der Waals surface area (Å²) in [4.78, 5) is 21.2. The van der Waals surface area contributed by atoms with Gasteiger partial charge in [-0.05, 0) is 12.8 Å². The van der Waals surface area contributed by atoms with Crippen molar-refractivity contribution in [2.24, 2.45) is 11.8 Å². The fourth-order valence-electron chi connectivity index (χ4n) is 1.72. The van der Waals surface area contributed by atoms with Gasteiger partial charge in [-0.3, -0.25) is 9.59 Å². The molecule has 0 amide bonds. The number of hydrogen-bond donors (Lipinski definition) is 2. The number of aliphatic carboxylic acids is 2. The van der Waals surface area contributed by atoms with Gasteiger partial charge in [0, 0.05) is 0 Å². The normalized spacial score (nSPS) is 27.4. The summed E-state index contributed by atoms with van der Waals surface area (Å²) in [5.74, 6) is -3.28. The van der Waals surface area contributed by atoms with Crippen LogP contribution in [0.4, 0.5) is 0 Å². The van der Waals surface area contributed by atoms with E-state index in [0.717, 1.165) is 12.8 Å². The van der Waals surface area contributed by atoms with Gasteiger partial charge in [0.2, 0.25) is 0 Å². The second-order valence-corrected chi connectivity index (χ2v) is 3.17. The summed E-state index contributed by atoms with van der Waals surface area (Å²) >= 11 is 0. The quantitative estimate of drug-likeness (QED) is 0.615. The van der Waals surface area contributed by atoms with E-state index >= 15 is 0 Å². The molecule has 1 rings (SSSR count). The van der Waals surface area contributed by atoms with Crippen LogP contribution in [0, 0.1) is 11.8 Å². The molecule has 0 saturated heterocycles. The van der Waals surface area contributed by atoms with Crippen LogP contribution in [0.5, 0.6) is 0 Å². The first-order valence-corrected chi connectivity index (χ1v) is 4.08. The number of carbonyl (C=O) groups is 2. The number of rotatable bonds is 2. The maximum Gasteiger partial charge on any atom is 0.316 e. The van der Waals surface area contributed by atoms with E-state index in [0.29, 0.717) is 12.8 Å². The summed E-state index contributed by atoms with van der Waals surface area (Å²) in [6.45, 7) is 0. The Bertz CT molecular complexity index is 182. The Morgan fingerprint density at radius 2 is 1.23 bits per heavy atom. The molecule has 0 aromatic rings. The van der Waals surface area contributed by atoms with Crippen LogP contribution in [0.15, 0.2) is 0 Å². The van der Waals surface area contributed by atoms with E-state index in [1.807, 2.05) is 0 Å². The zero-order chi connectivity index (χ0) is 9.14. The molecule has 0 bridgehead atoms. The van der Waals surface area contributed by atoms with Crippen molar-refractivity contribution in [3.05, 3.63) is 0 Å². The molecule has 1 aliphatic rings. The molecule has 0 radical (unpaired) electrons. The molecule has 2 atom stereocenters. The van der Waals surface area contributed by atoms with Crippen molar-refractivity contribution >= 4 is 35.0 Å². The van der Waals surface area contributed by atoms with Gasteiger partial charge in [-0.25, -0.2) is 0 Å². The second kappa shape index (κ2) is 5.44. The molecule has 5 heteroatoms. The minimum atomic E-state index is -0.970. The van der Waals surface area contributed by atoms with Crippen molar-refractivity contribution in [3.8, 4) is 0 Å². The van der Waals surface area contributed by atoms with Crippen LogP contribution in [0.25, 0.3) is 0 Å². The van der Waals surface area contributed by atoms with Gasteiger partial charge < -0.3 is 10.2 Å². The van der Waals surface area contributed by atoms with Gasteiger partial charge in [0.1, 0.15) is 0 Å². The SMILES string of the molecule is O=C(O)C1CCCCC1C(=O)O.[MgH2]. The summed E-state index contributed by atoms with van der Waals surface area (Å²) in [6.07, 6.45) is 2.68. The second-order valence-electron chi connectivity index (χ2n) is 3.17. The number of hydrogen-bond acceptors (Lipinski definition) is 2. The first-order chi connectivity index (χ1) is 5.63. The van der Waals surface area contributed by atoms with Gasteiger partial charge in [0.25, 0.3) is 0 Å². The Hall–Kier alpha value is -0.294. The number of carboxylic acid groups (broad SMARTS) is 2. The molecule has 4 nitrogen and oxygen atoms in total. The summed E-state index contributed by atoms with van der Waals surface area (Å²) in [7, 11) is 0. The Morgan fingerprint density at radius 3 is 1.46 bits per heavy atom. The highest BCUT2D eigenvalue weighted by Crippen LogP contribution is 2.30. The summed E-state index contributed by atoms with van der Waals surface area (Å²) in [5, 5.41) is 17.4. The van der Waals surface area contributed by atoms with Crippen LogP contribution >= 0.6 is 0 Å². The molecule has 0 aromatic heterocycles. The predicted molar refractivity (Wildman–Crippen MR) is 49.3 cm³/mol. The highest BCUT2D eigenvalue weighted by molar-refractivity contribution is 5.80. The lowest BCUT2D eigenvalue weighted by atomic mass is 9.79. The standard InChI is InChI=1S/C8H12O4.Mg.2H/c9-7(10)5-3-1-2-4-6(5)8(11)12;;;/h5-6H,1-4H2,(H,9,10)(H,11,12);;;. The fourth-order valence-corrected chi connectivity index (χ4v) is 1.72. The van der Waals surface area contributed by atoms with E-state index in [1.54, 1.807) is 0 Å². The van der Waals surface area contributed by atoms with Gasteiger partial charge in [-0.15, -0.1) is 0 Å². The van der Waals surface area contributed by atoms with Crippen LogP contribution < -0.4 is 0 Å². The molecule has 13 heavy (non-hydrogen) atoms. The van der Waals surface area contributed by atoms with Crippen LogP contribution in [0.3, 0.4) is 0 Å². The Kier molecular flexibility index (Phi) is 5.32. The van der Waals surface area contributed by atoms with Gasteiger partial charge >= 0.3 is 35.0 Å². The van der Waals surface area contributed by atoms with Gasteiger partial charge in [0.15, 0.2) is 0 Å². The molecular formula is C8H14MgO4. The highest BCUT2D eigenvalue weighted by Gasteiger charge is 2.35. The van der Waals surface area contributed by atoms with Crippen molar-refractivity contribution < 1.29 is 19.8 Å². The van der Waals surface area contributed by atoms with Gasteiger partial charge in [0.05, 0.1) is 11.8 Å². The zero-order valence-corrected chi connectivity index (χ0v) is 6.69. The van der Waals surface area contributed by atoms with Crippen molar-refractivity contribution in [1.29, 1.82) is 0 Å². The van der Waals surface area contributed by atoms with Crippen LogP contribution in [-0.4, -0.2) is 45.2 Å². The summed E-state index contributed by atoms with van der Waals surface area (Å²) in [6, 6.07) is 0.